The SMILES string of the molecule is CC1(C)CN(Cc2nsc3cc(Nc4n[nH]c5cccnc45)ccc23)CCO1. The lowest BCUT2D eigenvalue weighted by molar-refractivity contribution is -0.0883. The Morgan fingerprint density at radius 2 is 2.25 bits per heavy atom. The number of nitrogens with zero attached hydrogens (tertiary/aromatic N) is 4. The number of morpholine rings is 1. The number of benzene rings is 1. The van der Waals surface area contributed by atoms with Crippen molar-refractivity contribution in [1.82, 2.24) is 24.5 Å². The first kappa shape index (κ1) is 17.5. The normalized spacial score (nSPS) is 17.4. The molecule has 1 fully saturated rings. The molecule has 3 aromatic heterocycles. The van der Waals surface area contributed by atoms with Gasteiger partial charge in [0.1, 0.15) is 5.52 Å². The highest BCUT2D eigenvalue weighted by Gasteiger charge is 2.27. The van der Waals surface area contributed by atoms with Crippen LogP contribution < -0.4 is 5.32 Å². The molecular weight excluding hydrogens is 372 g/mol. The molecule has 5 rings (SSSR count). The van der Waals surface area contributed by atoms with Crippen LogP contribution in [0.1, 0.15) is 19.5 Å². The van der Waals surface area contributed by atoms with Crippen LogP contribution in [0.3, 0.4) is 0 Å². The van der Waals surface area contributed by atoms with Gasteiger partial charge in [-0.1, -0.05) is 0 Å². The van der Waals surface area contributed by atoms with E-state index in [9.17, 15) is 0 Å². The van der Waals surface area contributed by atoms with Crippen molar-refractivity contribution in [3.05, 3.63) is 42.2 Å². The summed E-state index contributed by atoms with van der Waals surface area (Å²) in [5, 5.41) is 11.9. The number of aromatic nitrogens is 4. The Kier molecular flexibility index (Phi) is 4.26. The Bertz CT molecular complexity index is 1130. The van der Waals surface area contributed by atoms with Gasteiger partial charge >= 0.3 is 0 Å². The lowest BCUT2D eigenvalue weighted by Crippen LogP contribution is -2.47. The highest BCUT2D eigenvalue weighted by atomic mass is 32.1. The number of rotatable bonds is 4. The van der Waals surface area contributed by atoms with Gasteiger partial charge in [-0.25, -0.2) is 0 Å². The maximum atomic E-state index is 5.82. The van der Waals surface area contributed by atoms with E-state index in [4.69, 9.17) is 9.11 Å². The predicted octanol–water partition coefficient (Wildman–Crippen LogP) is 3.92. The van der Waals surface area contributed by atoms with Crippen LogP contribution in [0, 0.1) is 0 Å². The second-order valence-electron chi connectivity index (χ2n) is 7.76. The summed E-state index contributed by atoms with van der Waals surface area (Å²) >= 11 is 1.54. The minimum atomic E-state index is -0.0957. The summed E-state index contributed by atoms with van der Waals surface area (Å²) in [6, 6.07) is 10.2. The summed E-state index contributed by atoms with van der Waals surface area (Å²) in [4.78, 5) is 6.82. The molecule has 7 nitrogen and oxygen atoms in total. The molecule has 28 heavy (non-hydrogen) atoms. The van der Waals surface area contributed by atoms with Crippen molar-refractivity contribution in [2.45, 2.75) is 26.0 Å². The molecule has 0 aliphatic carbocycles. The molecule has 0 atom stereocenters. The zero-order valence-corrected chi connectivity index (χ0v) is 16.7. The van der Waals surface area contributed by atoms with E-state index in [1.165, 1.54) is 10.1 Å². The number of anilines is 2. The van der Waals surface area contributed by atoms with Crippen LogP contribution in [0.5, 0.6) is 0 Å². The third kappa shape index (κ3) is 3.34. The van der Waals surface area contributed by atoms with E-state index < -0.39 is 0 Å². The fourth-order valence-electron chi connectivity index (χ4n) is 3.72. The number of hydrogen-bond donors (Lipinski definition) is 2. The summed E-state index contributed by atoms with van der Waals surface area (Å²) in [6.45, 7) is 7.78. The van der Waals surface area contributed by atoms with Crippen molar-refractivity contribution in [3.8, 4) is 0 Å². The fraction of sp³-hybridized carbons (Fsp3) is 0.350. The van der Waals surface area contributed by atoms with E-state index in [-0.39, 0.29) is 5.60 Å². The standard InChI is InChI=1S/C20H22N6OS/c1-20(2)12-26(8-9-27-20)11-16-14-6-5-13(10-17(14)28-25-16)22-19-18-15(23-24-19)4-3-7-21-18/h3-7,10H,8-9,11-12H2,1-2H3,(H2,22,23,24). The first-order chi connectivity index (χ1) is 13.6. The predicted molar refractivity (Wildman–Crippen MR) is 112 cm³/mol. The Balaban J connectivity index is 1.37. The van der Waals surface area contributed by atoms with Crippen LogP contribution in [0.2, 0.25) is 0 Å². The van der Waals surface area contributed by atoms with E-state index in [1.807, 2.05) is 12.1 Å². The highest BCUT2D eigenvalue weighted by molar-refractivity contribution is 7.13. The molecule has 8 heteroatoms. The van der Waals surface area contributed by atoms with E-state index in [1.54, 1.807) is 17.7 Å². The van der Waals surface area contributed by atoms with Crippen molar-refractivity contribution in [3.63, 3.8) is 0 Å². The van der Waals surface area contributed by atoms with E-state index in [2.05, 4.69) is 57.4 Å². The van der Waals surface area contributed by atoms with Crippen molar-refractivity contribution in [2.75, 3.05) is 25.0 Å². The molecule has 0 bridgehead atoms. The van der Waals surface area contributed by atoms with Crippen molar-refractivity contribution in [1.29, 1.82) is 0 Å². The van der Waals surface area contributed by atoms with Crippen LogP contribution >= 0.6 is 11.5 Å². The lowest BCUT2D eigenvalue weighted by atomic mass is 10.1. The first-order valence-electron chi connectivity index (χ1n) is 9.38. The van der Waals surface area contributed by atoms with E-state index >= 15 is 0 Å². The van der Waals surface area contributed by atoms with Gasteiger partial charge in [-0.3, -0.25) is 15.0 Å². The molecule has 4 aromatic rings. The molecule has 4 heterocycles. The lowest BCUT2D eigenvalue weighted by Gasteiger charge is -2.37. The zero-order chi connectivity index (χ0) is 19.1. The molecule has 1 aromatic carbocycles. The first-order valence-corrected chi connectivity index (χ1v) is 10.2. The van der Waals surface area contributed by atoms with Crippen LogP contribution in [-0.2, 0) is 11.3 Å². The van der Waals surface area contributed by atoms with Gasteiger partial charge in [-0.05, 0) is 55.7 Å². The maximum Gasteiger partial charge on any atom is 0.178 e. The van der Waals surface area contributed by atoms with Crippen molar-refractivity contribution in [2.24, 2.45) is 0 Å². The molecule has 1 aliphatic rings. The van der Waals surface area contributed by atoms with Gasteiger partial charge in [0.15, 0.2) is 5.82 Å². The molecule has 0 unspecified atom stereocenters. The van der Waals surface area contributed by atoms with E-state index in [0.29, 0.717) is 0 Å². The average molecular weight is 395 g/mol. The Hall–Kier alpha value is -2.55. The molecule has 1 aliphatic heterocycles. The van der Waals surface area contributed by atoms with Crippen LogP contribution in [0.15, 0.2) is 36.5 Å². The van der Waals surface area contributed by atoms with Gasteiger partial charge in [0.25, 0.3) is 0 Å². The molecular formula is C20H22N6OS. The van der Waals surface area contributed by atoms with E-state index in [0.717, 1.165) is 54.5 Å². The number of H-pyrrole nitrogens is 1. The Morgan fingerprint density at radius 1 is 1.32 bits per heavy atom. The second kappa shape index (κ2) is 6.80. The summed E-state index contributed by atoms with van der Waals surface area (Å²) in [7, 11) is 0. The van der Waals surface area contributed by atoms with Crippen LogP contribution in [0.4, 0.5) is 11.5 Å². The minimum absolute atomic E-state index is 0.0957. The number of aromatic amines is 1. The van der Waals surface area contributed by atoms with Crippen LogP contribution in [0.25, 0.3) is 21.1 Å². The summed E-state index contributed by atoms with van der Waals surface area (Å²) in [6.07, 6.45) is 1.77. The summed E-state index contributed by atoms with van der Waals surface area (Å²) < 4.78 is 11.7. The van der Waals surface area contributed by atoms with Gasteiger partial charge < -0.3 is 10.1 Å². The molecule has 144 valence electrons. The maximum absolute atomic E-state index is 5.82. The minimum Gasteiger partial charge on any atom is -0.373 e. The number of fused-ring (bicyclic) bond motifs is 2. The van der Waals surface area contributed by atoms with Crippen LogP contribution in [-0.4, -0.2) is 49.8 Å². The highest BCUT2D eigenvalue weighted by Crippen LogP contribution is 2.30. The quantitative estimate of drug-likeness (QED) is 0.546. The molecule has 1 saturated heterocycles. The number of nitrogens with one attached hydrogen (secondary N) is 2. The average Bonchev–Trinajstić information content (AvgIpc) is 3.26. The smallest absolute Gasteiger partial charge is 0.178 e. The summed E-state index contributed by atoms with van der Waals surface area (Å²) in [5.74, 6) is 0.732. The third-order valence-electron chi connectivity index (χ3n) is 5.01. The Labute approximate surface area is 166 Å². The molecule has 0 amide bonds. The van der Waals surface area contributed by atoms with Crippen molar-refractivity contribution >= 4 is 44.2 Å². The van der Waals surface area contributed by atoms with Gasteiger partial charge in [0.2, 0.25) is 0 Å². The number of pyridine rings is 1. The van der Waals surface area contributed by atoms with Gasteiger partial charge in [-0.2, -0.15) is 9.47 Å². The van der Waals surface area contributed by atoms with Gasteiger partial charge in [-0.15, -0.1) is 0 Å². The topological polar surface area (TPSA) is 79.0 Å². The van der Waals surface area contributed by atoms with Crippen molar-refractivity contribution < 1.29 is 4.74 Å². The largest absolute Gasteiger partial charge is 0.373 e. The molecule has 0 radical (unpaired) electrons. The van der Waals surface area contributed by atoms with Gasteiger partial charge in [0, 0.05) is 36.9 Å². The molecule has 0 spiro atoms. The second-order valence-corrected chi connectivity index (χ2v) is 8.56. The van der Waals surface area contributed by atoms with Gasteiger partial charge in [0.05, 0.1) is 28.1 Å². The molecule has 2 N–H and O–H groups in total. The molecule has 0 saturated carbocycles. The number of ether oxygens (including phenoxy) is 1. The zero-order valence-electron chi connectivity index (χ0n) is 15.9. The summed E-state index contributed by atoms with van der Waals surface area (Å²) in [5.41, 5.74) is 3.77. The number of hydrogen-bond acceptors (Lipinski definition) is 7. The fourth-order valence-corrected chi connectivity index (χ4v) is 4.55. The Morgan fingerprint density at radius 3 is 3.14 bits per heavy atom. The monoisotopic (exact) mass is 394 g/mol. The third-order valence-corrected chi connectivity index (χ3v) is 5.85.